The van der Waals surface area contributed by atoms with E-state index >= 15 is 0 Å². The molecule has 1 heteroatoms. The average Bonchev–Trinajstić information content (AvgIpc) is 3.32. The zero-order chi connectivity index (χ0) is 23.9. The minimum absolute atomic E-state index is 0.915. The highest BCUT2D eigenvalue weighted by Gasteiger charge is 2.08. The Balaban J connectivity index is 1.12. The van der Waals surface area contributed by atoms with Gasteiger partial charge in [0, 0.05) is 10.8 Å². The van der Waals surface area contributed by atoms with Crippen molar-refractivity contribution in [3.63, 3.8) is 0 Å². The van der Waals surface area contributed by atoms with E-state index in [1.165, 1.54) is 49.5 Å². The highest BCUT2D eigenvalue weighted by atomic mass is 16.3. The van der Waals surface area contributed by atoms with Gasteiger partial charge in [0.05, 0.1) is 0 Å². The van der Waals surface area contributed by atoms with Gasteiger partial charge in [0.2, 0.25) is 0 Å². The molecule has 0 amide bonds. The predicted octanol–water partition coefficient (Wildman–Crippen LogP) is 9.66. The van der Waals surface area contributed by atoms with Crippen LogP contribution < -0.4 is 0 Å². The van der Waals surface area contributed by atoms with Crippen LogP contribution in [0.25, 0.3) is 55.0 Å². The molecule has 0 aliphatic carbocycles. The first kappa shape index (κ1) is 20.7. The van der Waals surface area contributed by atoms with Crippen LogP contribution in [-0.4, -0.2) is 0 Å². The Hall–Kier alpha value is -4.62. The van der Waals surface area contributed by atoms with Gasteiger partial charge in [-0.1, -0.05) is 115 Å². The van der Waals surface area contributed by atoms with Gasteiger partial charge in [0.15, 0.2) is 0 Å². The van der Waals surface area contributed by atoms with Gasteiger partial charge in [-0.3, -0.25) is 0 Å². The van der Waals surface area contributed by atoms with Crippen molar-refractivity contribution in [3.05, 3.63) is 145 Å². The van der Waals surface area contributed by atoms with Crippen LogP contribution in [0.4, 0.5) is 0 Å². The fraction of sp³-hybridized carbons (Fsp3) is 0.0286. The molecule has 6 aromatic carbocycles. The van der Waals surface area contributed by atoms with Gasteiger partial charge in [-0.15, -0.1) is 0 Å². The Bertz CT molecular complexity index is 1830. The van der Waals surface area contributed by atoms with Crippen LogP contribution >= 0.6 is 0 Å². The first-order valence-electron chi connectivity index (χ1n) is 12.4. The minimum atomic E-state index is 0.915. The summed E-state index contributed by atoms with van der Waals surface area (Å²) >= 11 is 0. The lowest BCUT2D eigenvalue weighted by Crippen LogP contribution is -1.89. The van der Waals surface area contributed by atoms with Crippen molar-refractivity contribution < 1.29 is 4.42 Å². The number of hydrogen-bond acceptors (Lipinski definition) is 1. The van der Waals surface area contributed by atoms with E-state index in [9.17, 15) is 0 Å². The molecule has 0 saturated carbocycles. The molecule has 7 aromatic rings. The molecule has 0 N–H and O–H groups in total. The van der Waals surface area contributed by atoms with Crippen LogP contribution in [0, 0.1) is 0 Å². The second-order valence-electron chi connectivity index (χ2n) is 9.41. The van der Waals surface area contributed by atoms with Crippen LogP contribution in [0.3, 0.4) is 0 Å². The molecule has 0 fully saturated rings. The van der Waals surface area contributed by atoms with Crippen molar-refractivity contribution >= 4 is 32.7 Å². The summed E-state index contributed by atoms with van der Waals surface area (Å²) in [7, 11) is 0. The molecular formula is C35H24O. The first-order valence-corrected chi connectivity index (χ1v) is 12.4. The number of fused-ring (bicyclic) bond motifs is 4. The second kappa shape index (κ2) is 8.55. The average molecular weight is 461 g/mol. The summed E-state index contributed by atoms with van der Waals surface area (Å²) in [6, 6.07) is 47.7. The molecule has 0 spiro atoms. The van der Waals surface area contributed by atoms with Crippen LogP contribution in [0.2, 0.25) is 0 Å². The number of benzene rings is 6. The van der Waals surface area contributed by atoms with E-state index < -0.39 is 0 Å². The molecule has 1 aromatic heterocycles. The maximum atomic E-state index is 6.08. The third-order valence-corrected chi connectivity index (χ3v) is 7.13. The van der Waals surface area contributed by atoms with E-state index in [0.29, 0.717) is 0 Å². The normalized spacial score (nSPS) is 11.4. The van der Waals surface area contributed by atoms with E-state index in [2.05, 4.69) is 121 Å². The number of para-hydroxylation sites is 1. The van der Waals surface area contributed by atoms with Gasteiger partial charge < -0.3 is 4.42 Å². The number of furan rings is 1. The Morgan fingerprint density at radius 2 is 1.03 bits per heavy atom. The van der Waals surface area contributed by atoms with Gasteiger partial charge in [-0.25, -0.2) is 0 Å². The SMILES string of the molecule is c1ccc2c(-c3ccc(Cc4ccc(-c5ccc6c(c5)oc5ccccc56)cc4)cc3)cccc2c1. The third kappa shape index (κ3) is 3.66. The largest absolute Gasteiger partial charge is 0.456 e. The minimum Gasteiger partial charge on any atom is -0.456 e. The molecule has 1 nitrogen and oxygen atoms in total. The number of hydrogen-bond donors (Lipinski definition) is 0. The van der Waals surface area contributed by atoms with E-state index in [0.717, 1.165) is 23.0 Å². The smallest absolute Gasteiger partial charge is 0.136 e. The molecule has 1 heterocycles. The highest BCUT2D eigenvalue weighted by molar-refractivity contribution is 6.05. The van der Waals surface area contributed by atoms with Crippen molar-refractivity contribution in [1.82, 2.24) is 0 Å². The molecular weight excluding hydrogens is 436 g/mol. The first-order chi connectivity index (χ1) is 17.8. The zero-order valence-electron chi connectivity index (χ0n) is 19.8. The van der Waals surface area contributed by atoms with Crippen LogP contribution in [-0.2, 0) is 6.42 Å². The van der Waals surface area contributed by atoms with Crippen LogP contribution in [0.15, 0.2) is 138 Å². The Morgan fingerprint density at radius 3 is 1.83 bits per heavy atom. The van der Waals surface area contributed by atoms with E-state index in [1.807, 2.05) is 12.1 Å². The summed E-state index contributed by atoms with van der Waals surface area (Å²) in [5.74, 6) is 0. The second-order valence-corrected chi connectivity index (χ2v) is 9.41. The van der Waals surface area contributed by atoms with Crippen molar-refractivity contribution in [2.45, 2.75) is 6.42 Å². The molecule has 0 aliphatic rings. The van der Waals surface area contributed by atoms with Crippen molar-refractivity contribution in [3.8, 4) is 22.3 Å². The predicted molar refractivity (Wildman–Crippen MR) is 151 cm³/mol. The Morgan fingerprint density at radius 1 is 0.417 bits per heavy atom. The van der Waals surface area contributed by atoms with Gasteiger partial charge in [0.25, 0.3) is 0 Å². The summed E-state index contributed by atoms with van der Waals surface area (Å²) in [5, 5.41) is 4.90. The molecule has 0 atom stereocenters. The lowest BCUT2D eigenvalue weighted by molar-refractivity contribution is 0.669. The van der Waals surface area contributed by atoms with E-state index in [-0.39, 0.29) is 0 Å². The van der Waals surface area contributed by atoms with E-state index in [4.69, 9.17) is 4.42 Å². The zero-order valence-corrected chi connectivity index (χ0v) is 19.8. The van der Waals surface area contributed by atoms with Gasteiger partial charge in [-0.05, 0) is 68.8 Å². The van der Waals surface area contributed by atoms with Crippen LogP contribution in [0.1, 0.15) is 11.1 Å². The maximum Gasteiger partial charge on any atom is 0.136 e. The van der Waals surface area contributed by atoms with Gasteiger partial charge >= 0.3 is 0 Å². The summed E-state index contributed by atoms with van der Waals surface area (Å²) in [4.78, 5) is 0. The molecule has 0 unspecified atom stereocenters. The monoisotopic (exact) mass is 460 g/mol. The fourth-order valence-electron chi connectivity index (χ4n) is 5.24. The molecule has 0 bridgehead atoms. The van der Waals surface area contributed by atoms with Gasteiger partial charge in [0.1, 0.15) is 11.2 Å². The van der Waals surface area contributed by atoms with Crippen LogP contribution in [0.5, 0.6) is 0 Å². The standard InChI is InChI=1S/C35H24O/c1-2-8-30-27(6-1)7-5-10-31(30)28-18-14-25(15-19-28)22-24-12-16-26(17-13-24)29-20-21-33-32-9-3-4-11-34(32)36-35(33)23-29/h1-21,23H,22H2. The summed E-state index contributed by atoms with van der Waals surface area (Å²) in [6.07, 6.45) is 0.915. The molecule has 7 rings (SSSR count). The van der Waals surface area contributed by atoms with Crippen molar-refractivity contribution in [1.29, 1.82) is 0 Å². The topological polar surface area (TPSA) is 13.1 Å². The Kier molecular flexibility index (Phi) is 4.92. The van der Waals surface area contributed by atoms with Crippen molar-refractivity contribution in [2.75, 3.05) is 0 Å². The Labute approximate surface area is 210 Å². The molecule has 0 saturated heterocycles. The van der Waals surface area contributed by atoms with E-state index in [1.54, 1.807) is 0 Å². The molecule has 0 aliphatic heterocycles. The summed E-state index contributed by atoms with van der Waals surface area (Å²) < 4.78 is 6.08. The highest BCUT2D eigenvalue weighted by Crippen LogP contribution is 2.33. The third-order valence-electron chi connectivity index (χ3n) is 7.13. The van der Waals surface area contributed by atoms with Gasteiger partial charge in [-0.2, -0.15) is 0 Å². The molecule has 170 valence electrons. The molecule has 0 radical (unpaired) electrons. The quantitative estimate of drug-likeness (QED) is 0.255. The summed E-state index contributed by atoms with van der Waals surface area (Å²) in [5.41, 5.74) is 9.41. The number of rotatable bonds is 4. The lowest BCUT2D eigenvalue weighted by atomic mass is 9.96. The fourth-order valence-corrected chi connectivity index (χ4v) is 5.24. The molecule has 36 heavy (non-hydrogen) atoms. The van der Waals surface area contributed by atoms with Crippen molar-refractivity contribution in [2.24, 2.45) is 0 Å². The lowest BCUT2D eigenvalue weighted by Gasteiger charge is -2.09. The maximum absolute atomic E-state index is 6.08. The summed E-state index contributed by atoms with van der Waals surface area (Å²) in [6.45, 7) is 0.